The normalized spacial score (nSPS) is 17.5. The van der Waals surface area contributed by atoms with Crippen molar-refractivity contribution in [2.24, 2.45) is 13.0 Å². The molecule has 94 valence electrons. The van der Waals surface area contributed by atoms with Crippen molar-refractivity contribution in [1.82, 2.24) is 14.7 Å². The molecule has 0 atom stereocenters. The molecule has 1 aromatic heterocycles. The van der Waals surface area contributed by atoms with E-state index in [0.717, 1.165) is 42.0 Å². The number of aryl methyl sites for hydroxylation is 1. The molecule has 17 heavy (non-hydrogen) atoms. The number of halogens is 1. The van der Waals surface area contributed by atoms with E-state index in [2.05, 4.69) is 28.0 Å². The average molecular weight is 300 g/mol. The van der Waals surface area contributed by atoms with Crippen LogP contribution in [0.15, 0.2) is 4.47 Å². The lowest BCUT2D eigenvalue weighted by atomic mass is 9.99. The molecule has 0 unspecified atom stereocenters. The van der Waals surface area contributed by atoms with Gasteiger partial charge in [0.05, 0.1) is 10.2 Å². The monoisotopic (exact) mass is 299 g/mol. The molecule has 2 rings (SSSR count). The van der Waals surface area contributed by atoms with E-state index in [-0.39, 0.29) is 5.91 Å². The number of nitrogens with zero attached hydrogens (tertiary/aromatic N) is 3. The van der Waals surface area contributed by atoms with Crippen molar-refractivity contribution >= 4 is 21.8 Å². The predicted molar refractivity (Wildman–Crippen MR) is 69.9 cm³/mol. The molecular formula is C12H18BrN3O. The summed E-state index contributed by atoms with van der Waals surface area (Å²) in [5, 5.41) is 4.28. The maximum absolute atomic E-state index is 12.3. The second-order valence-corrected chi connectivity index (χ2v) is 5.64. The van der Waals surface area contributed by atoms with Gasteiger partial charge in [-0.1, -0.05) is 6.92 Å². The summed E-state index contributed by atoms with van der Waals surface area (Å²) in [5.74, 6) is 0.778. The highest BCUT2D eigenvalue weighted by molar-refractivity contribution is 9.10. The number of carbonyl (C=O) groups is 1. The lowest BCUT2D eigenvalue weighted by molar-refractivity contribution is 0.0689. The van der Waals surface area contributed by atoms with Gasteiger partial charge >= 0.3 is 0 Å². The van der Waals surface area contributed by atoms with Crippen molar-refractivity contribution in [1.29, 1.82) is 0 Å². The van der Waals surface area contributed by atoms with Gasteiger partial charge in [0.1, 0.15) is 0 Å². The molecule has 1 aliphatic rings. The van der Waals surface area contributed by atoms with Crippen LogP contribution in [-0.4, -0.2) is 33.7 Å². The lowest BCUT2D eigenvalue weighted by Gasteiger charge is -2.29. The average Bonchev–Trinajstić information content (AvgIpc) is 2.57. The fraction of sp³-hybridized carbons (Fsp3) is 0.667. The van der Waals surface area contributed by atoms with Gasteiger partial charge in [0.15, 0.2) is 5.69 Å². The zero-order chi connectivity index (χ0) is 12.6. The first-order valence-electron chi connectivity index (χ1n) is 5.99. The number of aromatic nitrogens is 2. The van der Waals surface area contributed by atoms with E-state index in [4.69, 9.17) is 0 Å². The van der Waals surface area contributed by atoms with Gasteiger partial charge in [0.25, 0.3) is 5.91 Å². The van der Waals surface area contributed by atoms with Crippen LogP contribution in [0.5, 0.6) is 0 Å². The first-order chi connectivity index (χ1) is 8.00. The molecule has 0 bridgehead atoms. The summed E-state index contributed by atoms with van der Waals surface area (Å²) >= 11 is 3.45. The Morgan fingerprint density at radius 3 is 2.47 bits per heavy atom. The number of likely N-dealkylation sites (tertiary alicyclic amines) is 1. The zero-order valence-electron chi connectivity index (χ0n) is 10.5. The molecule has 0 N–H and O–H groups in total. The van der Waals surface area contributed by atoms with Crippen molar-refractivity contribution in [2.45, 2.75) is 26.7 Å². The van der Waals surface area contributed by atoms with Crippen LogP contribution in [-0.2, 0) is 7.05 Å². The molecular weight excluding hydrogens is 282 g/mol. The highest BCUT2D eigenvalue weighted by Gasteiger charge is 2.26. The summed E-state index contributed by atoms with van der Waals surface area (Å²) in [6.07, 6.45) is 2.18. The maximum atomic E-state index is 12.3. The summed E-state index contributed by atoms with van der Waals surface area (Å²) < 4.78 is 2.56. The van der Waals surface area contributed by atoms with Crippen LogP contribution in [0.2, 0.25) is 0 Å². The molecule has 1 aliphatic heterocycles. The van der Waals surface area contributed by atoms with Gasteiger partial charge in [0, 0.05) is 20.1 Å². The molecule has 1 amide bonds. The summed E-state index contributed by atoms with van der Waals surface area (Å²) in [7, 11) is 1.86. The number of hydrogen-bond donors (Lipinski definition) is 0. The highest BCUT2D eigenvalue weighted by Crippen LogP contribution is 2.24. The number of hydrogen-bond acceptors (Lipinski definition) is 2. The Bertz CT molecular complexity index is 433. The van der Waals surface area contributed by atoms with E-state index in [1.807, 2.05) is 18.9 Å². The molecule has 1 saturated heterocycles. The van der Waals surface area contributed by atoms with Crippen molar-refractivity contribution < 1.29 is 4.79 Å². The van der Waals surface area contributed by atoms with Crippen molar-refractivity contribution in [2.75, 3.05) is 13.1 Å². The Hall–Kier alpha value is -0.840. The van der Waals surface area contributed by atoms with Crippen molar-refractivity contribution in [3.63, 3.8) is 0 Å². The SMILES string of the molecule is Cc1c(Br)c(C(=O)N2CCC(C)CC2)nn1C. The molecule has 0 aliphatic carbocycles. The van der Waals surface area contributed by atoms with E-state index in [0.29, 0.717) is 5.69 Å². The molecule has 0 saturated carbocycles. The smallest absolute Gasteiger partial charge is 0.275 e. The third-order valence-electron chi connectivity index (χ3n) is 3.53. The first kappa shape index (κ1) is 12.6. The predicted octanol–water partition coefficient (Wildman–Crippen LogP) is 2.36. The van der Waals surface area contributed by atoms with E-state index < -0.39 is 0 Å². The third kappa shape index (κ3) is 2.39. The Kier molecular flexibility index (Phi) is 3.56. The van der Waals surface area contributed by atoms with Crippen molar-refractivity contribution in [3.05, 3.63) is 15.9 Å². The Labute approximate surface area is 110 Å². The van der Waals surface area contributed by atoms with Crippen LogP contribution < -0.4 is 0 Å². The van der Waals surface area contributed by atoms with E-state index in [1.54, 1.807) is 4.68 Å². The quantitative estimate of drug-likeness (QED) is 0.798. The topological polar surface area (TPSA) is 38.1 Å². The molecule has 5 heteroatoms. The molecule has 1 aromatic rings. The van der Waals surface area contributed by atoms with Gasteiger partial charge in [-0.25, -0.2) is 0 Å². The van der Waals surface area contributed by atoms with Crippen LogP contribution in [0.1, 0.15) is 35.9 Å². The van der Waals surface area contributed by atoms with Crippen LogP contribution in [0.4, 0.5) is 0 Å². The molecule has 2 heterocycles. The second-order valence-electron chi connectivity index (χ2n) is 4.85. The maximum Gasteiger partial charge on any atom is 0.275 e. The van der Waals surface area contributed by atoms with Crippen LogP contribution >= 0.6 is 15.9 Å². The number of carbonyl (C=O) groups excluding carboxylic acids is 1. The molecule has 0 spiro atoms. The second kappa shape index (κ2) is 4.80. The van der Waals surface area contributed by atoms with Gasteiger partial charge < -0.3 is 4.90 Å². The zero-order valence-corrected chi connectivity index (χ0v) is 12.1. The minimum atomic E-state index is 0.0486. The minimum absolute atomic E-state index is 0.0486. The van der Waals surface area contributed by atoms with Crippen LogP contribution in [0.25, 0.3) is 0 Å². The van der Waals surface area contributed by atoms with Crippen LogP contribution in [0, 0.1) is 12.8 Å². The number of amides is 1. The fourth-order valence-corrected chi connectivity index (χ4v) is 2.59. The van der Waals surface area contributed by atoms with E-state index in [9.17, 15) is 4.79 Å². The lowest BCUT2D eigenvalue weighted by Crippen LogP contribution is -2.38. The third-order valence-corrected chi connectivity index (χ3v) is 4.48. The molecule has 1 fully saturated rings. The highest BCUT2D eigenvalue weighted by atomic mass is 79.9. The van der Waals surface area contributed by atoms with Gasteiger partial charge in [-0.3, -0.25) is 9.48 Å². The van der Waals surface area contributed by atoms with Gasteiger partial charge in [-0.05, 0) is 41.6 Å². The van der Waals surface area contributed by atoms with E-state index >= 15 is 0 Å². The summed E-state index contributed by atoms with van der Waals surface area (Å²) in [6, 6.07) is 0. The Balaban J connectivity index is 2.17. The Morgan fingerprint density at radius 1 is 1.41 bits per heavy atom. The van der Waals surface area contributed by atoms with E-state index in [1.165, 1.54) is 0 Å². The Morgan fingerprint density at radius 2 is 2.00 bits per heavy atom. The fourth-order valence-electron chi connectivity index (χ4n) is 2.08. The van der Waals surface area contributed by atoms with Crippen molar-refractivity contribution in [3.8, 4) is 0 Å². The molecule has 4 nitrogen and oxygen atoms in total. The van der Waals surface area contributed by atoms with Gasteiger partial charge in [-0.2, -0.15) is 5.10 Å². The van der Waals surface area contributed by atoms with Gasteiger partial charge in [0.2, 0.25) is 0 Å². The number of rotatable bonds is 1. The summed E-state index contributed by atoms with van der Waals surface area (Å²) in [5.41, 5.74) is 1.53. The van der Waals surface area contributed by atoms with Crippen LogP contribution in [0.3, 0.4) is 0 Å². The molecule has 0 radical (unpaired) electrons. The standard InChI is InChI=1S/C12H18BrN3O/c1-8-4-6-16(7-5-8)12(17)11-10(13)9(2)15(3)14-11/h8H,4-7H2,1-3H3. The largest absolute Gasteiger partial charge is 0.337 e. The molecule has 0 aromatic carbocycles. The summed E-state index contributed by atoms with van der Waals surface area (Å²) in [6.45, 7) is 5.89. The minimum Gasteiger partial charge on any atom is -0.337 e. The number of piperidine rings is 1. The summed E-state index contributed by atoms with van der Waals surface area (Å²) in [4.78, 5) is 14.2. The van der Waals surface area contributed by atoms with Gasteiger partial charge in [-0.15, -0.1) is 0 Å². The first-order valence-corrected chi connectivity index (χ1v) is 6.78.